The number of ether oxygens (including phenoxy) is 2. The topological polar surface area (TPSA) is 35.5 Å². The van der Waals surface area contributed by atoms with E-state index in [-0.39, 0.29) is 5.97 Å². The Bertz CT molecular complexity index is 730. The summed E-state index contributed by atoms with van der Waals surface area (Å²) in [5.41, 5.74) is 1.70. The SMILES string of the molecule is O=C1OCc2ccccc21.c1ccc(Oc2ccccc2)cc1. The van der Waals surface area contributed by atoms with Crippen molar-refractivity contribution in [3.8, 4) is 11.5 Å². The summed E-state index contributed by atoms with van der Waals surface area (Å²) in [7, 11) is 0. The van der Waals surface area contributed by atoms with Crippen LogP contribution in [0.4, 0.5) is 0 Å². The summed E-state index contributed by atoms with van der Waals surface area (Å²) in [6, 6.07) is 26.9. The van der Waals surface area contributed by atoms with E-state index in [1.807, 2.05) is 78.9 Å². The fraction of sp³-hybridized carbons (Fsp3) is 0.0500. The standard InChI is InChI=1S/C12H10O.C8H6O2/c1-3-7-11(8-4-1)13-12-9-5-2-6-10-12;9-8-7-4-2-1-3-6(7)5-10-8/h1-10H;1-4H,5H2. The first-order valence-corrected chi connectivity index (χ1v) is 7.36. The first kappa shape index (κ1) is 14.9. The number of carbonyl (C=O) groups excluding carboxylic acids is 1. The van der Waals surface area contributed by atoms with Crippen molar-refractivity contribution < 1.29 is 14.3 Å². The molecule has 0 aromatic heterocycles. The lowest BCUT2D eigenvalue weighted by Gasteiger charge is -2.03. The molecule has 1 aliphatic rings. The molecule has 0 saturated carbocycles. The van der Waals surface area contributed by atoms with Crippen molar-refractivity contribution in [2.75, 3.05) is 0 Å². The van der Waals surface area contributed by atoms with Crippen LogP contribution in [0.5, 0.6) is 11.5 Å². The van der Waals surface area contributed by atoms with Gasteiger partial charge in [0.2, 0.25) is 0 Å². The minimum absolute atomic E-state index is 0.199. The van der Waals surface area contributed by atoms with Crippen molar-refractivity contribution in [2.45, 2.75) is 6.61 Å². The van der Waals surface area contributed by atoms with Crippen molar-refractivity contribution in [2.24, 2.45) is 0 Å². The van der Waals surface area contributed by atoms with E-state index in [0.29, 0.717) is 12.2 Å². The van der Waals surface area contributed by atoms with Crippen molar-refractivity contribution in [1.82, 2.24) is 0 Å². The molecule has 23 heavy (non-hydrogen) atoms. The second kappa shape index (κ2) is 7.27. The number of hydrogen-bond donors (Lipinski definition) is 0. The lowest BCUT2D eigenvalue weighted by molar-refractivity contribution is 0.0535. The number of fused-ring (bicyclic) bond motifs is 1. The number of para-hydroxylation sites is 2. The summed E-state index contributed by atoms with van der Waals surface area (Å²) in [5.74, 6) is 1.54. The molecular weight excluding hydrogens is 288 g/mol. The maximum Gasteiger partial charge on any atom is 0.338 e. The molecule has 0 unspecified atom stereocenters. The van der Waals surface area contributed by atoms with Crippen LogP contribution in [-0.2, 0) is 11.3 Å². The Morgan fingerprint density at radius 3 is 1.78 bits per heavy atom. The van der Waals surface area contributed by atoms with Crippen LogP contribution in [0.3, 0.4) is 0 Å². The lowest BCUT2D eigenvalue weighted by Crippen LogP contribution is -1.91. The predicted molar refractivity (Wildman–Crippen MR) is 88.5 cm³/mol. The third-order valence-electron chi connectivity index (χ3n) is 3.32. The van der Waals surface area contributed by atoms with Gasteiger partial charge >= 0.3 is 5.97 Å². The van der Waals surface area contributed by atoms with Crippen molar-refractivity contribution in [3.63, 3.8) is 0 Å². The van der Waals surface area contributed by atoms with Gasteiger partial charge in [-0.05, 0) is 30.3 Å². The fourth-order valence-electron chi connectivity index (χ4n) is 2.18. The third-order valence-corrected chi connectivity index (χ3v) is 3.32. The molecule has 0 saturated heterocycles. The van der Waals surface area contributed by atoms with Crippen LogP contribution in [-0.4, -0.2) is 5.97 Å². The average Bonchev–Trinajstić information content (AvgIpc) is 2.99. The van der Waals surface area contributed by atoms with E-state index in [9.17, 15) is 4.79 Å². The zero-order chi connectivity index (χ0) is 15.9. The molecule has 4 rings (SSSR count). The number of cyclic esters (lactones) is 1. The van der Waals surface area contributed by atoms with Gasteiger partial charge in [0.1, 0.15) is 18.1 Å². The zero-order valence-electron chi connectivity index (χ0n) is 12.5. The molecule has 0 spiro atoms. The number of rotatable bonds is 2. The fourth-order valence-corrected chi connectivity index (χ4v) is 2.18. The summed E-state index contributed by atoms with van der Waals surface area (Å²) in [4.78, 5) is 10.8. The third kappa shape index (κ3) is 3.98. The molecule has 0 amide bonds. The van der Waals surface area contributed by atoms with Gasteiger partial charge in [0, 0.05) is 5.56 Å². The average molecular weight is 304 g/mol. The summed E-state index contributed by atoms with van der Waals surface area (Å²) in [5, 5.41) is 0. The second-order valence-corrected chi connectivity index (χ2v) is 4.96. The van der Waals surface area contributed by atoms with E-state index in [1.54, 1.807) is 6.07 Å². The molecule has 1 heterocycles. The molecular formula is C20H16O3. The highest BCUT2D eigenvalue weighted by Crippen LogP contribution is 2.19. The Balaban J connectivity index is 0.000000140. The van der Waals surface area contributed by atoms with Gasteiger partial charge in [-0.3, -0.25) is 0 Å². The van der Waals surface area contributed by atoms with Gasteiger partial charge in [0.05, 0.1) is 5.56 Å². The van der Waals surface area contributed by atoms with Gasteiger partial charge in [-0.1, -0.05) is 54.6 Å². The quantitative estimate of drug-likeness (QED) is 0.636. The van der Waals surface area contributed by atoms with E-state index in [0.717, 1.165) is 17.1 Å². The van der Waals surface area contributed by atoms with E-state index in [2.05, 4.69) is 0 Å². The minimum Gasteiger partial charge on any atom is -0.457 e. The van der Waals surface area contributed by atoms with Gasteiger partial charge in [-0.2, -0.15) is 0 Å². The lowest BCUT2D eigenvalue weighted by atomic mass is 10.1. The molecule has 0 radical (unpaired) electrons. The van der Waals surface area contributed by atoms with Gasteiger partial charge in [-0.25, -0.2) is 4.79 Å². The van der Waals surface area contributed by atoms with Crippen LogP contribution >= 0.6 is 0 Å². The summed E-state index contributed by atoms with van der Waals surface area (Å²) in [6.07, 6.45) is 0. The molecule has 3 aromatic carbocycles. The Morgan fingerprint density at radius 2 is 1.22 bits per heavy atom. The molecule has 114 valence electrons. The first-order valence-electron chi connectivity index (χ1n) is 7.36. The monoisotopic (exact) mass is 304 g/mol. The highest BCUT2D eigenvalue weighted by molar-refractivity contribution is 5.93. The van der Waals surface area contributed by atoms with Crippen LogP contribution in [0.1, 0.15) is 15.9 Å². The minimum atomic E-state index is -0.199. The molecule has 1 aliphatic heterocycles. The maximum atomic E-state index is 10.8. The van der Waals surface area contributed by atoms with Crippen LogP contribution < -0.4 is 4.74 Å². The number of hydrogen-bond acceptors (Lipinski definition) is 3. The number of benzene rings is 3. The molecule has 3 nitrogen and oxygen atoms in total. The van der Waals surface area contributed by atoms with E-state index in [4.69, 9.17) is 9.47 Å². The molecule has 0 bridgehead atoms. The molecule has 0 atom stereocenters. The maximum absolute atomic E-state index is 10.8. The van der Waals surface area contributed by atoms with Crippen LogP contribution in [0.25, 0.3) is 0 Å². The normalized spacial score (nSPS) is 11.7. The van der Waals surface area contributed by atoms with Gasteiger partial charge in [-0.15, -0.1) is 0 Å². The Hall–Kier alpha value is -3.07. The smallest absolute Gasteiger partial charge is 0.338 e. The van der Waals surface area contributed by atoms with Gasteiger partial charge in [0.15, 0.2) is 0 Å². The second-order valence-electron chi connectivity index (χ2n) is 4.96. The first-order chi connectivity index (χ1) is 11.3. The van der Waals surface area contributed by atoms with Gasteiger partial charge in [0.25, 0.3) is 0 Å². The highest BCUT2D eigenvalue weighted by Gasteiger charge is 2.18. The Morgan fingerprint density at radius 1 is 0.696 bits per heavy atom. The van der Waals surface area contributed by atoms with Gasteiger partial charge < -0.3 is 9.47 Å². The summed E-state index contributed by atoms with van der Waals surface area (Å²) < 4.78 is 10.4. The van der Waals surface area contributed by atoms with Crippen LogP contribution in [0.15, 0.2) is 84.9 Å². The number of carbonyl (C=O) groups is 1. The van der Waals surface area contributed by atoms with E-state index < -0.39 is 0 Å². The Labute approximate surface area is 135 Å². The van der Waals surface area contributed by atoms with E-state index in [1.165, 1.54) is 0 Å². The Kier molecular flexibility index (Phi) is 4.69. The van der Waals surface area contributed by atoms with Crippen molar-refractivity contribution in [3.05, 3.63) is 96.1 Å². The van der Waals surface area contributed by atoms with Crippen molar-refractivity contribution >= 4 is 5.97 Å². The van der Waals surface area contributed by atoms with Crippen LogP contribution in [0, 0.1) is 0 Å². The molecule has 0 aliphatic carbocycles. The van der Waals surface area contributed by atoms with Crippen molar-refractivity contribution in [1.29, 1.82) is 0 Å². The zero-order valence-corrected chi connectivity index (χ0v) is 12.5. The van der Waals surface area contributed by atoms with E-state index >= 15 is 0 Å². The molecule has 0 fully saturated rings. The molecule has 0 N–H and O–H groups in total. The number of esters is 1. The summed E-state index contributed by atoms with van der Waals surface area (Å²) in [6.45, 7) is 0.439. The highest BCUT2D eigenvalue weighted by atomic mass is 16.5. The largest absolute Gasteiger partial charge is 0.457 e. The summed E-state index contributed by atoms with van der Waals surface area (Å²) >= 11 is 0. The predicted octanol–water partition coefficient (Wildman–Crippen LogP) is 4.84. The molecule has 3 aromatic rings. The van der Waals surface area contributed by atoms with Crippen LogP contribution in [0.2, 0.25) is 0 Å². The molecule has 3 heteroatoms.